The lowest BCUT2D eigenvalue weighted by atomic mass is 10.1. The summed E-state index contributed by atoms with van der Waals surface area (Å²) in [4.78, 5) is 11.7. The lowest BCUT2D eigenvalue weighted by Crippen LogP contribution is -2.20. The summed E-state index contributed by atoms with van der Waals surface area (Å²) in [5, 5.41) is 16.6. The Balaban J connectivity index is 2.07. The monoisotopic (exact) mass is 324 g/mol. The normalized spacial score (nSPS) is 12.3. The fourth-order valence-electron chi connectivity index (χ4n) is 2.17. The molecule has 0 fully saturated rings. The van der Waals surface area contributed by atoms with Crippen molar-refractivity contribution in [2.45, 2.75) is 32.4 Å². The molecule has 1 heterocycles. The topological polar surface area (TPSA) is 55.2 Å². The van der Waals surface area contributed by atoms with Crippen LogP contribution >= 0.6 is 22.9 Å². The zero-order chi connectivity index (χ0) is 15.2. The molecule has 2 rings (SSSR count). The minimum absolute atomic E-state index is 0.0425. The Hall–Kier alpha value is -1.43. The van der Waals surface area contributed by atoms with Gasteiger partial charge in [-0.2, -0.15) is 0 Å². The molecule has 0 aliphatic rings. The molecule has 0 spiro atoms. The van der Waals surface area contributed by atoms with Gasteiger partial charge in [-0.3, -0.25) is 10.1 Å². The van der Waals surface area contributed by atoms with E-state index in [1.807, 2.05) is 12.1 Å². The summed E-state index contributed by atoms with van der Waals surface area (Å²) in [5.74, 6) is 0. The molecule has 1 atom stereocenters. The van der Waals surface area contributed by atoms with Crippen LogP contribution in [0.3, 0.4) is 0 Å². The fraction of sp³-hybridized carbons (Fsp3) is 0.333. The van der Waals surface area contributed by atoms with Gasteiger partial charge in [-0.25, -0.2) is 0 Å². The highest BCUT2D eigenvalue weighted by Crippen LogP contribution is 2.27. The van der Waals surface area contributed by atoms with Gasteiger partial charge < -0.3 is 5.32 Å². The number of nitro groups is 1. The lowest BCUT2D eigenvalue weighted by Gasteiger charge is -2.16. The van der Waals surface area contributed by atoms with Gasteiger partial charge in [0.05, 0.1) is 4.92 Å². The van der Waals surface area contributed by atoms with Gasteiger partial charge in [0.15, 0.2) is 0 Å². The Morgan fingerprint density at radius 3 is 2.86 bits per heavy atom. The molecule has 21 heavy (non-hydrogen) atoms. The van der Waals surface area contributed by atoms with Gasteiger partial charge in [-0.05, 0) is 29.5 Å². The summed E-state index contributed by atoms with van der Waals surface area (Å²) in [5.41, 5.74) is 0.822. The van der Waals surface area contributed by atoms with Gasteiger partial charge in [0.2, 0.25) is 0 Å². The van der Waals surface area contributed by atoms with Crippen molar-refractivity contribution in [3.63, 3.8) is 0 Å². The maximum Gasteiger partial charge on any atom is 0.288 e. The van der Waals surface area contributed by atoms with Crippen LogP contribution in [0.25, 0.3) is 0 Å². The van der Waals surface area contributed by atoms with Crippen molar-refractivity contribution in [1.29, 1.82) is 0 Å². The van der Waals surface area contributed by atoms with Crippen LogP contribution in [0.5, 0.6) is 0 Å². The first-order valence-electron chi connectivity index (χ1n) is 6.81. The molecule has 1 aromatic carbocycles. The maximum atomic E-state index is 10.9. The summed E-state index contributed by atoms with van der Waals surface area (Å²) in [6, 6.07) is 9.37. The molecule has 1 unspecified atom stereocenters. The highest BCUT2D eigenvalue weighted by molar-refractivity contribution is 7.10. The van der Waals surface area contributed by atoms with Crippen molar-refractivity contribution in [2.75, 3.05) is 0 Å². The van der Waals surface area contributed by atoms with Gasteiger partial charge in [0.1, 0.15) is 5.02 Å². The number of benzene rings is 1. The van der Waals surface area contributed by atoms with Crippen LogP contribution in [0.4, 0.5) is 5.69 Å². The number of hydrogen-bond donors (Lipinski definition) is 1. The Morgan fingerprint density at radius 1 is 1.43 bits per heavy atom. The number of nitro benzene ring substituents is 1. The van der Waals surface area contributed by atoms with Crippen molar-refractivity contribution < 1.29 is 4.92 Å². The van der Waals surface area contributed by atoms with Gasteiger partial charge in [0.25, 0.3) is 5.69 Å². The number of nitrogens with one attached hydrogen (secondary N) is 1. The quantitative estimate of drug-likeness (QED) is 0.579. The predicted octanol–water partition coefficient (Wildman–Crippen LogP) is 4.94. The Labute approximate surface area is 132 Å². The van der Waals surface area contributed by atoms with E-state index in [4.69, 9.17) is 11.6 Å². The van der Waals surface area contributed by atoms with E-state index in [1.54, 1.807) is 17.4 Å². The average molecular weight is 325 g/mol. The molecule has 0 radical (unpaired) electrons. The summed E-state index contributed by atoms with van der Waals surface area (Å²) in [7, 11) is 0. The molecule has 2 aromatic rings. The molecule has 112 valence electrons. The Morgan fingerprint density at radius 2 is 2.24 bits per heavy atom. The summed E-state index contributed by atoms with van der Waals surface area (Å²) < 4.78 is 0. The van der Waals surface area contributed by atoms with E-state index in [0.29, 0.717) is 6.54 Å². The van der Waals surface area contributed by atoms with E-state index >= 15 is 0 Å². The van der Waals surface area contributed by atoms with Gasteiger partial charge >= 0.3 is 0 Å². The third-order valence-electron chi connectivity index (χ3n) is 3.22. The van der Waals surface area contributed by atoms with Crippen LogP contribution in [-0.2, 0) is 6.54 Å². The smallest absolute Gasteiger partial charge is 0.288 e. The van der Waals surface area contributed by atoms with Gasteiger partial charge in [-0.1, -0.05) is 37.1 Å². The second kappa shape index (κ2) is 7.54. The fourth-order valence-corrected chi connectivity index (χ4v) is 3.20. The maximum absolute atomic E-state index is 10.9. The van der Waals surface area contributed by atoms with Crippen LogP contribution in [-0.4, -0.2) is 4.92 Å². The van der Waals surface area contributed by atoms with Crippen LogP contribution in [0.1, 0.15) is 36.2 Å². The van der Waals surface area contributed by atoms with Crippen LogP contribution in [0.2, 0.25) is 5.02 Å². The molecule has 4 nitrogen and oxygen atoms in total. The molecule has 0 amide bonds. The minimum atomic E-state index is -0.450. The standard InChI is InChI=1S/C15H17ClN2O2S/c1-2-4-13(15-5-3-8-21-15)17-10-11-6-7-12(16)14(9-11)18(19)20/h3,5-9,13,17H,2,4,10H2,1H3. The average Bonchev–Trinajstić information content (AvgIpc) is 2.98. The molecule has 0 bridgehead atoms. The minimum Gasteiger partial charge on any atom is -0.305 e. The van der Waals surface area contributed by atoms with Gasteiger partial charge in [-0.15, -0.1) is 11.3 Å². The lowest BCUT2D eigenvalue weighted by molar-refractivity contribution is -0.384. The summed E-state index contributed by atoms with van der Waals surface area (Å²) >= 11 is 7.55. The highest BCUT2D eigenvalue weighted by atomic mass is 35.5. The largest absolute Gasteiger partial charge is 0.305 e. The third kappa shape index (κ3) is 4.27. The van der Waals surface area contributed by atoms with Crippen LogP contribution in [0, 0.1) is 10.1 Å². The second-order valence-electron chi connectivity index (χ2n) is 4.78. The first-order valence-corrected chi connectivity index (χ1v) is 8.07. The van der Waals surface area contributed by atoms with E-state index in [9.17, 15) is 10.1 Å². The number of thiophene rings is 1. The second-order valence-corrected chi connectivity index (χ2v) is 6.17. The van der Waals surface area contributed by atoms with Crippen molar-refractivity contribution in [1.82, 2.24) is 5.32 Å². The van der Waals surface area contributed by atoms with E-state index in [2.05, 4.69) is 23.7 Å². The Kier molecular flexibility index (Phi) is 5.73. The van der Waals surface area contributed by atoms with Crippen molar-refractivity contribution in [3.05, 3.63) is 61.3 Å². The number of halogens is 1. The molecule has 0 aliphatic carbocycles. The van der Waals surface area contributed by atoms with Crippen molar-refractivity contribution >= 4 is 28.6 Å². The summed E-state index contributed by atoms with van der Waals surface area (Å²) in [6.45, 7) is 2.73. The van der Waals surface area contributed by atoms with Crippen LogP contribution < -0.4 is 5.32 Å². The Bertz CT molecular complexity index is 602. The molecule has 0 saturated heterocycles. The van der Waals surface area contributed by atoms with E-state index in [1.165, 1.54) is 10.9 Å². The zero-order valence-corrected chi connectivity index (χ0v) is 13.3. The number of hydrogen-bond acceptors (Lipinski definition) is 4. The highest BCUT2D eigenvalue weighted by Gasteiger charge is 2.14. The molecular formula is C15H17ClN2O2S. The van der Waals surface area contributed by atoms with E-state index in [-0.39, 0.29) is 16.8 Å². The zero-order valence-electron chi connectivity index (χ0n) is 11.7. The van der Waals surface area contributed by atoms with Crippen LogP contribution in [0.15, 0.2) is 35.7 Å². The van der Waals surface area contributed by atoms with Crippen molar-refractivity contribution in [3.8, 4) is 0 Å². The molecule has 0 aliphatic heterocycles. The molecule has 6 heteroatoms. The molecule has 0 saturated carbocycles. The van der Waals surface area contributed by atoms with Crippen molar-refractivity contribution in [2.24, 2.45) is 0 Å². The third-order valence-corrected chi connectivity index (χ3v) is 4.53. The van der Waals surface area contributed by atoms with E-state index in [0.717, 1.165) is 18.4 Å². The first kappa shape index (κ1) is 15.9. The van der Waals surface area contributed by atoms with E-state index < -0.39 is 4.92 Å². The number of nitrogens with zero attached hydrogens (tertiary/aromatic N) is 1. The van der Waals surface area contributed by atoms with Gasteiger partial charge in [0, 0.05) is 23.5 Å². The number of rotatable bonds is 7. The molecular weight excluding hydrogens is 308 g/mol. The summed E-state index contributed by atoms with van der Waals surface area (Å²) in [6.07, 6.45) is 2.12. The molecule has 1 N–H and O–H groups in total. The predicted molar refractivity (Wildman–Crippen MR) is 86.9 cm³/mol. The molecule has 1 aromatic heterocycles. The first-order chi connectivity index (χ1) is 10.1. The SMILES string of the molecule is CCCC(NCc1ccc(Cl)c([N+](=O)[O-])c1)c1cccs1.